The lowest BCUT2D eigenvalue weighted by molar-refractivity contribution is -0.113. The van der Waals surface area contributed by atoms with Crippen LogP contribution >= 0.6 is 0 Å². The molecule has 0 bridgehead atoms. The van der Waals surface area contributed by atoms with Crippen molar-refractivity contribution in [2.75, 3.05) is 0 Å². The summed E-state index contributed by atoms with van der Waals surface area (Å²) in [7, 11) is 0. The first-order valence-electron chi connectivity index (χ1n) is 3.88. The highest BCUT2D eigenvalue weighted by Crippen LogP contribution is 2.03. The van der Waals surface area contributed by atoms with Gasteiger partial charge in [0, 0.05) is 11.3 Å². The van der Waals surface area contributed by atoms with Gasteiger partial charge in [0.25, 0.3) is 0 Å². The van der Waals surface area contributed by atoms with Gasteiger partial charge in [0.2, 0.25) is 0 Å². The first kappa shape index (κ1) is 10.1. The van der Waals surface area contributed by atoms with Crippen LogP contribution in [-0.4, -0.2) is 11.5 Å². The summed E-state index contributed by atoms with van der Waals surface area (Å²) in [5, 5.41) is 7.49. The summed E-state index contributed by atoms with van der Waals surface area (Å²) in [6.07, 6.45) is 3.32. The molecule has 0 saturated carbocycles. The number of ketones is 1. The maximum atomic E-state index is 10.9. The van der Waals surface area contributed by atoms with Crippen molar-refractivity contribution in [2.45, 2.75) is 33.6 Å². The van der Waals surface area contributed by atoms with E-state index in [1.54, 1.807) is 13.0 Å². The molecule has 2 heteroatoms. The number of hydrogen-bond donors (Lipinski definition) is 1. The molecular formula is C9H15NO. The molecule has 0 spiro atoms. The van der Waals surface area contributed by atoms with Crippen molar-refractivity contribution in [1.29, 1.82) is 5.41 Å². The molecule has 0 aromatic rings. The highest BCUT2D eigenvalue weighted by atomic mass is 16.1. The number of hydrogen-bond acceptors (Lipinski definition) is 2. The third kappa shape index (κ3) is 3.12. The van der Waals surface area contributed by atoms with E-state index in [2.05, 4.69) is 0 Å². The number of carbonyl (C=O) groups excluding carboxylic acids is 1. The predicted molar refractivity (Wildman–Crippen MR) is 47.1 cm³/mol. The van der Waals surface area contributed by atoms with Gasteiger partial charge in [-0.3, -0.25) is 4.79 Å². The maximum Gasteiger partial charge on any atom is 0.161 e. The lowest BCUT2D eigenvalue weighted by Gasteiger charge is -2.02. The number of nitrogens with one attached hydrogen (secondary N) is 1. The van der Waals surface area contributed by atoms with Crippen LogP contribution in [0.5, 0.6) is 0 Å². The minimum atomic E-state index is -0.00838. The van der Waals surface area contributed by atoms with E-state index in [1.165, 1.54) is 6.92 Å². The van der Waals surface area contributed by atoms with Gasteiger partial charge in [-0.05, 0) is 20.3 Å². The fourth-order valence-electron chi connectivity index (χ4n) is 0.975. The van der Waals surface area contributed by atoms with E-state index in [4.69, 9.17) is 5.41 Å². The topological polar surface area (TPSA) is 40.9 Å². The maximum absolute atomic E-state index is 10.9. The van der Waals surface area contributed by atoms with Gasteiger partial charge >= 0.3 is 0 Å². The Balaban J connectivity index is 4.29. The van der Waals surface area contributed by atoms with Gasteiger partial charge < -0.3 is 5.41 Å². The SMILES string of the molecule is C/C=C(\C(=N)CCC)C(C)=O. The van der Waals surface area contributed by atoms with E-state index < -0.39 is 0 Å². The first-order valence-corrected chi connectivity index (χ1v) is 3.88. The molecule has 0 aliphatic rings. The van der Waals surface area contributed by atoms with Crippen LogP contribution in [0.1, 0.15) is 33.6 Å². The summed E-state index contributed by atoms with van der Waals surface area (Å²) in [6, 6.07) is 0. The Morgan fingerprint density at radius 2 is 2.09 bits per heavy atom. The van der Waals surface area contributed by atoms with Crippen LogP contribution in [-0.2, 0) is 4.79 Å². The zero-order valence-electron chi connectivity index (χ0n) is 7.40. The second-order valence-corrected chi connectivity index (χ2v) is 2.49. The van der Waals surface area contributed by atoms with Crippen LogP contribution in [0.25, 0.3) is 0 Å². The molecule has 0 aliphatic heterocycles. The highest BCUT2D eigenvalue weighted by Gasteiger charge is 2.06. The second-order valence-electron chi connectivity index (χ2n) is 2.49. The molecule has 0 saturated heterocycles. The van der Waals surface area contributed by atoms with Crippen molar-refractivity contribution < 1.29 is 4.79 Å². The normalized spacial score (nSPS) is 11.4. The van der Waals surface area contributed by atoms with Gasteiger partial charge in [-0.2, -0.15) is 0 Å². The van der Waals surface area contributed by atoms with Gasteiger partial charge in [0.15, 0.2) is 5.78 Å². The predicted octanol–water partition coefficient (Wildman–Crippen LogP) is 2.34. The average molecular weight is 153 g/mol. The molecule has 62 valence electrons. The molecule has 0 unspecified atom stereocenters. The van der Waals surface area contributed by atoms with Crippen LogP contribution in [0.2, 0.25) is 0 Å². The summed E-state index contributed by atoms with van der Waals surface area (Å²) >= 11 is 0. The molecule has 0 heterocycles. The molecule has 0 aliphatic carbocycles. The standard InChI is InChI=1S/C9H15NO/c1-4-6-9(10)8(5-2)7(3)11/h5,10H,4,6H2,1-3H3/b8-5-,10-9?. The summed E-state index contributed by atoms with van der Waals surface area (Å²) < 4.78 is 0. The fraction of sp³-hybridized carbons (Fsp3) is 0.556. The van der Waals surface area contributed by atoms with Crippen LogP contribution in [0.15, 0.2) is 11.6 Å². The summed E-state index contributed by atoms with van der Waals surface area (Å²) in [5.41, 5.74) is 1.02. The molecule has 2 nitrogen and oxygen atoms in total. The molecule has 0 amide bonds. The van der Waals surface area contributed by atoms with Gasteiger partial charge in [-0.25, -0.2) is 0 Å². The van der Waals surface area contributed by atoms with Crippen LogP contribution < -0.4 is 0 Å². The summed E-state index contributed by atoms with van der Waals surface area (Å²) in [6.45, 7) is 5.29. The summed E-state index contributed by atoms with van der Waals surface area (Å²) in [5.74, 6) is -0.00838. The van der Waals surface area contributed by atoms with Crippen molar-refractivity contribution in [3.63, 3.8) is 0 Å². The second kappa shape index (κ2) is 4.83. The largest absolute Gasteiger partial charge is 0.305 e. The van der Waals surface area contributed by atoms with Crippen LogP contribution in [0.4, 0.5) is 0 Å². The fourth-order valence-corrected chi connectivity index (χ4v) is 0.975. The number of Topliss-reactive ketones (excluding diaryl/α,β-unsaturated/α-hetero) is 1. The Bertz CT molecular complexity index is 192. The quantitative estimate of drug-likeness (QED) is 0.488. The minimum absolute atomic E-state index is 0.00838. The highest BCUT2D eigenvalue weighted by molar-refractivity contribution is 6.20. The molecule has 0 fully saturated rings. The minimum Gasteiger partial charge on any atom is -0.305 e. The average Bonchev–Trinajstić information content (AvgIpc) is 1.88. The van der Waals surface area contributed by atoms with Crippen molar-refractivity contribution >= 4 is 11.5 Å². The molecule has 0 radical (unpaired) electrons. The van der Waals surface area contributed by atoms with E-state index >= 15 is 0 Å². The lowest BCUT2D eigenvalue weighted by Crippen LogP contribution is -2.08. The van der Waals surface area contributed by atoms with Crippen molar-refractivity contribution in [2.24, 2.45) is 0 Å². The van der Waals surface area contributed by atoms with Gasteiger partial charge in [0.05, 0.1) is 0 Å². The molecular weight excluding hydrogens is 138 g/mol. The van der Waals surface area contributed by atoms with E-state index in [9.17, 15) is 4.79 Å². The van der Waals surface area contributed by atoms with E-state index in [0.29, 0.717) is 17.7 Å². The zero-order valence-corrected chi connectivity index (χ0v) is 7.40. The van der Waals surface area contributed by atoms with Crippen molar-refractivity contribution in [3.8, 4) is 0 Å². The smallest absolute Gasteiger partial charge is 0.161 e. The zero-order chi connectivity index (χ0) is 8.85. The molecule has 0 aromatic heterocycles. The van der Waals surface area contributed by atoms with E-state index in [-0.39, 0.29) is 5.78 Å². The van der Waals surface area contributed by atoms with Gasteiger partial charge in [-0.15, -0.1) is 0 Å². The lowest BCUT2D eigenvalue weighted by atomic mass is 10.0. The molecule has 1 N–H and O–H groups in total. The Hall–Kier alpha value is -0.920. The Morgan fingerprint density at radius 1 is 1.55 bits per heavy atom. The first-order chi connectivity index (χ1) is 5.13. The third-order valence-electron chi connectivity index (χ3n) is 1.49. The Kier molecular flexibility index (Phi) is 4.42. The molecule has 0 rings (SSSR count). The number of carbonyl (C=O) groups is 1. The molecule has 11 heavy (non-hydrogen) atoms. The van der Waals surface area contributed by atoms with Crippen LogP contribution in [0.3, 0.4) is 0 Å². The Morgan fingerprint density at radius 3 is 2.36 bits per heavy atom. The Labute approximate surface area is 67.8 Å². The van der Waals surface area contributed by atoms with Crippen molar-refractivity contribution in [3.05, 3.63) is 11.6 Å². The number of rotatable bonds is 4. The molecule has 0 aromatic carbocycles. The monoisotopic (exact) mass is 153 g/mol. The van der Waals surface area contributed by atoms with Crippen LogP contribution in [0, 0.1) is 5.41 Å². The van der Waals surface area contributed by atoms with Crippen molar-refractivity contribution in [1.82, 2.24) is 0 Å². The third-order valence-corrected chi connectivity index (χ3v) is 1.49. The number of allylic oxidation sites excluding steroid dienone is 2. The molecule has 0 atom stereocenters. The van der Waals surface area contributed by atoms with E-state index in [0.717, 1.165) is 6.42 Å². The van der Waals surface area contributed by atoms with Gasteiger partial charge in [0.1, 0.15) is 0 Å². The van der Waals surface area contributed by atoms with Gasteiger partial charge in [-0.1, -0.05) is 19.4 Å². The van der Waals surface area contributed by atoms with E-state index in [1.807, 2.05) is 6.92 Å². The summed E-state index contributed by atoms with van der Waals surface area (Å²) in [4.78, 5) is 10.9.